The maximum atomic E-state index is 5.84. The number of rotatable bonds is 4. The van der Waals surface area contributed by atoms with Gasteiger partial charge < -0.3 is 14.9 Å². The lowest BCUT2D eigenvalue weighted by Crippen LogP contribution is -2.28. The number of para-hydroxylation sites is 1. The predicted molar refractivity (Wildman–Crippen MR) is 234 cm³/mol. The Morgan fingerprint density at radius 3 is 2.25 bits per heavy atom. The normalized spacial score (nSPS) is 16.6. The number of hydrogen-bond donors (Lipinski definition) is 1. The van der Waals surface area contributed by atoms with Crippen LogP contribution in [0.5, 0.6) is 0 Å². The fourth-order valence-electron chi connectivity index (χ4n) is 10.6. The van der Waals surface area contributed by atoms with E-state index in [9.17, 15) is 0 Å². The first kappa shape index (κ1) is 32.0. The molecule has 0 radical (unpaired) electrons. The Morgan fingerprint density at radius 2 is 1.42 bits per heavy atom. The van der Waals surface area contributed by atoms with Gasteiger partial charge in [0.05, 0.1) is 33.9 Å². The van der Waals surface area contributed by atoms with Gasteiger partial charge in [0, 0.05) is 62.3 Å². The molecule has 5 heteroatoms. The summed E-state index contributed by atoms with van der Waals surface area (Å²) in [6.07, 6.45) is 16.0. The molecule has 0 bridgehead atoms. The Balaban J connectivity index is 1.02. The third-order valence-electron chi connectivity index (χ3n) is 12.8. The highest BCUT2D eigenvalue weighted by molar-refractivity contribution is 6.16. The standard InChI is InChI=1S/C52H37N5/c1-32-37(26-28-53)40-27-30-54-31-48(40)56(32)35-20-16-33(17-21-35)34-18-22-36(23-19-34)57-47-15-7-4-10-39(47)41-24-25-46-49(50(41)57)43-11-3-6-14-45(43)52(46)44-13-5-2-9-38(44)42-12-8-29-55-51(42)52/h2-4,6-12,14-31H,5,13,53H2,1H3/b28-26-. The molecule has 1 unspecified atom stereocenters. The lowest BCUT2D eigenvalue weighted by Gasteiger charge is -2.32. The van der Waals surface area contributed by atoms with E-state index in [1.807, 2.05) is 24.7 Å². The molecule has 270 valence electrons. The summed E-state index contributed by atoms with van der Waals surface area (Å²) < 4.78 is 4.76. The minimum Gasteiger partial charge on any atom is -0.405 e. The van der Waals surface area contributed by atoms with E-state index in [2.05, 4.69) is 161 Å². The van der Waals surface area contributed by atoms with E-state index in [1.165, 1.54) is 66.3 Å². The number of nitrogens with two attached hydrogens (primary N) is 1. The molecule has 12 rings (SSSR count). The Labute approximate surface area is 330 Å². The van der Waals surface area contributed by atoms with Crippen LogP contribution in [0.3, 0.4) is 0 Å². The van der Waals surface area contributed by atoms with Gasteiger partial charge in [0.2, 0.25) is 0 Å². The predicted octanol–water partition coefficient (Wildman–Crippen LogP) is 11.9. The van der Waals surface area contributed by atoms with E-state index in [-0.39, 0.29) is 0 Å². The monoisotopic (exact) mass is 731 g/mol. The molecule has 5 nitrogen and oxygen atoms in total. The van der Waals surface area contributed by atoms with Gasteiger partial charge in [0.25, 0.3) is 0 Å². The summed E-state index contributed by atoms with van der Waals surface area (Å²) in [6.45, 7) is 2.13. The van der Waals surface area contributed by atoms with Crippen LogP contribution in [0.2, 0.25) is 0 Å². The molecule has 0 saturated carbocycles. The molecular formula is C52H37N5. The smallest absolute Gasteiger partial charge is 0.0862 e. The van der Waals surface area contributed by atoms with Gasteiger partial charge in [-0.05, 0) is 113 Å². The van der Waals surface area contributed by atoms with Crippen molar-refractivity contribution in [2.75, 3.05) is 0 Å². The van der Waals surface area contributed by atoms with E-state index in [4.69, 9.17) is 10.7 Å². The molecule has 0 amide bonds. The fraction of sp³-hybridized carbons (Fsp3) is 0.0769. The topological polar surface area (TPSA) is 61.7 Å². The Morgan fingerprint density at radius 1 is 0.667 bits per heavy atom. The lowest BCUT2D eigenvalue weighted by atomic mass is 9.70. The number of aromatic nitrogens is 4. The van der Waals surface area contributed by atoms with Crippen molar-refractivity contribution in [3.05, 3.63) is 204 Å². The second kappa shape index (κ2) is 11.9. The van der Waals surface area contributed by atoms with Crippen LogP contribution in [-0.2, 0) is 5.41 Å². The molecule has 0 fully saturated rings. The summed E-state index contributed by atoms with van der Waals surface area (Å²) in [4.78, 5) is 9.65. The van der Waals surface area contributed by atoms with E-state index in [0.29, 0.717) is 0 Å². The molecule has 0 aliphatic heterocycles. The second-order valence-corrected chi connectivity index (χ2v) is 15.4. The quantitative estimate of drug-likeness (QED) is 0.196. The van der Waals surface area contributed by atoms with Gasteiger partial charge in [-0.15, -0.1) is 0 Å². The van der Waals surface area contributed by atoms with E-state index in [0.717, 1.165) is 57.6 Å². The molecular weight excluding hydrogens is 695 g/mol. The van der Waals surface area contributed by atoms with Crippen LogP contribution in [0.15, 0.2) is 170 Å². The number of benzene rings is 5. The summed E-state index contributed by atoms with van der Waals surface area (Å²) in [6, 6.07) is 47.1. The lowest BCUT2D eigenvalue weighted by molar-refractivity contribution is 0.692. The summed E-state index contributed by atoms with van der Waals surface area (Å²) in [5, 5.41) is 3.66. The van der Waals surface area contributed by atoms with Crippen LogP contribution in [0.4, 0.5) is 0 Å². The third-order valence-corrected chi connectivity index (χ3v) is 12.8. The number of pyridine rings is 2. The fourth-order valence-corrected chi connectivity index (χ4v) is 10.6. The molecule has 3 aliphatic carbocycles. The van der Waals surface area contributed by atoms with Gasteiger partial charge >= 0.3 is 0 Å². The molecule has 4 aromatic heterocycles. The molecule has 4 heterocycles. The zero-order valence-electron chi connectivity index (χ0n) is 31.4. The minimum atomic E-state index is -0.418. The molecule has 1 atom stereocenters. The highest BCUT2D eigenvalue weighted by Crippen LogP contribution is 2.64. The first-order valence-electron chi connectivity index (χ1n) is 19.8. The summed E-state index contributed by atoms with van der Waals surface area (Å²) in [5.74, 6) is 0. The third kappa shape index (κ3) is 4.18. The van der Waals surface area contributed by atoms with E-state index in [1.54, 1.807) is 6.20 Å². The number of hydrogen-bond acceptors (Lipinski definition) is 3. The van der Waals surface area contributed by atoms with Crippen LogP contribution in [0.25, 0.3) is 78.0 Å². The zero-order chi connectivity index (χ0) is 37.8. The van der Waals surface area contributed by atoms with Gasteiger partial charge in [-0.1, -0.05) is 97.1 Å². The molecule has 0 saturated heterocycles. The summed E-state index contributed by atoms with van der Waals surface area (Å²) in [7, 11) is 0. The molecule has 57 heavy (non-hydrogen) atoms. The first-order valence-corrected chi connectivity index (χ1v) is 19.8. The first-order chi connectivity index (χ1) is 28.2. The molecule has 5 aromatic carbocycles. The highest BCUT2D eigenvalue weighted by Gasteiger charge is 2.54. The van der Waals surface area contributed by atoms with E-state index < -0.39 is 5.41 Å². The molecule has 3 aliphatic rings. The molecule has 9 aromatic rings. The maximum absolute atomic E-state index is 5.84. The van der Waals surface area contributed by atoms with Crippen molar-refractivity contribution in [3.8, 4) is 33.6 Å². The van der Waals surface area contributed by atoms with Crippen molar-refractivity contribution >= 4 is 44.4 Å². The van der Waals surface area contributed by atoms with Crippen LogP contribution in [0.1, 0.15) is 46.5 Å². The van der Waals surface area contributed by atoms with Gasteiger partial charge in [-0.2, -0.15) is 0 Å². The molecule has 1 spiro atoms. The number of allylic oxidation sites excluding steroid dienone is 4. The summed E-state index contributed by atoms with van der Waals surface area (Å²) in [5.41, 5.74) is 26.3. The van der Waals surface area contributed by atoms with Gasteiger partial charge in [0.1, 0.15) is 0 Å². The largest absolute Gasteiger partial charge is 0.405 e. The Hall–Kier alpha value is -7.24. The second-order valence-electron chi connectivity index (χ2n) is 15.4. The maximum Gasteiger partial charge on any atom is 0.0862 e. The van der Waals surface area contributed by atoms with Crippen LogP contribution in [0, 0.1) is 6.92 Å². The number of fused-ring (bicyclic) bond motifs is 14. The minimum absolute atomic E-state index is 0.418. The highest BCUT2D eigenvalue weighted by atomic mass is 15.0. The SMILES string of the molecule is Cc1c(/C=C\N)c2ccncc2n1-c1ccc(-c2ccc(-n3c4ccccc4c4ccc5c(c43)-c3ccccc3C53C4=C(C=CCC4)c4cccnc43)cc2)cc1. The Kier molecular flexibility index (Phi) is 6.68. The number of nitrogens with zero attached hydrogens (tertiary/aromatic N) is 4. The van der Waals surface area contributed by atoms with Crippen LogP contribution in [-0.4, -0.2) is 19.1 Å². The molecule has 2 N–H and O–H groups in total. The van der Waals surface area contributed by atoms with Crippen molar-refractivity contribution in [3.63, 3.8) is 0 Å². The Bertz CT molecular complexity index is 3240. The van der Waals surface area contributed by atoms with Crippen molar-refractivity contribution in [2.45, 2.75) is 25.2 Å². The van der Waals surface area contributed by atoms with Gasteiger partial charge in [0.15, 0.2) is 0 Å². The summed E-state index contributed by atoms with van der Waals surface area (Å²) >= 11 is 0. The van der Waals surface area contributed by atoms with Crippen LogP contribution >= 0.6 is 0 Å². The van der Waals surface area contributed by atoms with Gasteiger partial charge in [-0.3, -0.25) is 9.97 Å². The van der Waals surface area contributed by atoms with Gasteiger partial charge in [-0.25, -0.2) is 0 Å². The van der Waals surface area contributed by atoms with Crippen molar-refractivity contribution < 1.29 is 0 Å². The van der Waals surface area contributed by atoms with E-state index >= 15 is 0 Å². The average Bonchev–Trinajstić information content (AvgIpc) is 3.96. The zero-order valence-corrected chi connectivity index (χ0v) is 31.4. The van der Waals surface area contributed by atoms with Crippen LogP contribution < -0.4 is 5.73 Å². The van der Waals surface area contributed by atoms with Crippen molar-refractivity contribution in [1.82, 2.24) is 19.1 Å². The average molecular weight is 732 g/mol. The van der Waals surface area contributed by atoms with Crippen molar-refractivity contribution in [2.24, 2.45) is 5.73 Å². The van der Waals surface area contributed by atoms with Crippen molar-refractivity contribution in [1.29, 1.82) is 0 Å².